The molecular formula is C12H23N3O. The van der Waals surface area contributed by atoms with Crippen LogP contribution in [0.4, 0.5) is 0 Å². The van der Waals surface area contributed by atoms with Crippen molar-refractivity contribution in [3.8, 4) is 0 Å². The Morgan fingerprint density at radius 1 is 1.19 bits per heavy atom. The van der Waals surface area contributed by atoms with Gasteiger partial charge in [0.2, 0.25) is 5.91 Å². The average Bonchev–Trinajstić information content (AvgIpc) is 2.43. The Labute approximate surface area is 97.8 Å². The maximum absolute atomic E-state index is 11.8. The molecule has 0 aromatic rings. The normalized spacial score (nSPS) is 33.9. The van der Waals surface area contributed by atoms with Crippen molar-refractivity contribution in [2.45, 2.75) is 44.2 Å². The zero-order chi connectivity index (χ0) is 11.5. The van der Waals surface area contributed by atoms with Gasteiger partial charge in [-0.15, -0.1) is 0 Å². The maximum Gasteiger partial charge on any atom is 0.236 e. The number of carbonyl (C=O) groups is 1. The summed E-state index contributed by atoms with van der Waals surface area (Å²) in [6.45, 7) is 2.47. The van der Waals surface area contributed by atoms with Gasteiger partial charge in [0.05, 0.1) is 6.54 Å². The van der Waals surface area contributed by atoms with Crippen molar-refractivity contribution < 1.29 is 4.79 Å². The van der Waals surface area contributed by atoms with Gasteiger partial charge in [-0.3, -0.25) is 9.69 Å². The van der Waals surface area contributed by atoms with E-state index in [1.165, 1.54) is 12.8 Å². The van der Waals surface area contributed by atoms with Gasteiger partial charge in [-0.05, 0) is 19.3 Å². The first-order valence-corrected chi connectivity index (χ1v) is 6.42. The SMILES string of the molecule is CN1CCCN(C2CCCCC2N)CC1=O. The van der Waals surface area contributed by atoms with Gasteiger partial charge in [0.15, 0.2) is 0 Å². The predicted molar refractivity (Wildman–Crippen MR) is 64.1 cm³/mol. The molecule has 1 amide bonds. The molecule has 4 nitrogen and oxygen atoms in total. The Morgan fingerprint density at radius 3 is 2.69 bits per heavy atom. The summed E-state index contributed by atoms with van der Waals surface area (Å²) in [5, 5.41) is 0. The van der Waals surface area contributed by atoms with Gasteiger partial charge >= 0.3 is 0 Å². The third-order valence-electron chi connectivity index (χ3n) is 3.95. The third-order valence-corrected chi connectivity index (χ3v) is 3.95. The highest BCUT2D eigenvalue weighted by Gasteiger charge is 2.30. The van der Waals surface area contributed by atoms with Crippen LogP contribution in [0.3, 0.4) is 0 Å². The van der Waals surface area contributed by atoms with E-state index < -0.39 is 0 Å². The molecule has 0 aromatic heterocycles. The largest absolute Gasteiger partial charge is 0.345 e. The Hall–Kier alpha value is -0.610. The van der Waals surface area contributed by atoms with Gasteiger partial charge in [-0.1, -0.05) is 12.8 Å². The first-order valence-electron chi connectivity index (χ1n) is 6.42. The van der Waals surface area contributed by atoms with Crippen LogP contribution in [-0.2, 0) is 4.79 Å². The fraction of sp³-hybridized carbons (Fsp3) is 0.917. The van der Waals surface area contributed by atoms with E-state index in [9.17, 15) is 4.79 Å². The van der Waals surface area contributed by atoms with E-state index >= 15 is 0 Å². The second-order valence-corrected chi connectivity index (χ2v) is 5.15. The fourth-order valence-electron chi connectivity index (χ4n) is 2.89. The van der Waals surface area contributed by atoms with Crippen LogP contribution in [0, 0.1) is 0 Å². The molecule has 1 aliphatic carbocycles. The number of carbonyl (C=O) groups excluding carboxylic acids is 1. The van der Waals surface area contributed by atoms with Crippen LogP contribution in [-0.4, -0.2) is 54.5 Å². The molecule has 0 aromatic carbocycles. The lowest BCUT2D eigenvalue weighted by Crippen LogP contribution is -2.51. The van der Waals surface area contributed by atoms with Crippen molar-refractivity contribution in [2.24, 2.45) is 5.73 Å². The summed E-state index contributed by atoms with van der Waals surface area (Å²) in [4.78, 5) is 16.0. The lowest BCUT2D eigenvalue weighted by Gasteiger charge is -2.37. The summed E-state index contributed by atoms with van der Waals surface area (Å²) in [7, 11) is 1.90. The quantitative estimate of drug-likeness (QED) is 0.703. The van der Waals surface area contributed by atoms with Gasteiger partial charge in [0, 0.05) is 32.2 Å². The minimum absolute atomic E-state index is 0.246. The molecule has 0 radical (unpaired) electrons. The standard InChI is InChI=1S/C12H23N3O/c1-14-7-4-8-15(9-12(14)16)11-6-3-2-5-10(11)13/h10-11H,2-9,13H2,1H3. The molecule has 2 unspecified atom stereocenters. The molecule has 4 heteroatoms. The van der Waals surface area contributed by atoms with Crippen molar-refractivity contribution in [1.29, 1.82) is 0 Å². The number of nitrogens with two attached hydrogens (primary N) is 1. The van der Waals surface area contributed by atoms with Gasteiger partial charge in [-0.2, -0.15) is 0 Å². The van der Waals surface area contributed by atoms with Crippen LogP contribution in [0.15, 0.2) is 0 Å². The van der Waals surface area contributed by atoms with Crippen molar-refractivity contribution in [3.63, 3.8) is 0 Å². The predicted octanol–water partition coefficient (Wildman–Crippen LogP) is 0.420. The van der Waals surface area contributed by atoms with Crippen LogP contribution in [0.25, 0.3) is 0 Å². The summed E-state index contributed by atoms with van der Waals surface area (Å²) in [6.07, 6.45) is 5.87. The molecule has 92 valence electrons. The van der Waals surface area contributed by atoms with Gasteiger partial charge in [0.1, 0.15) is 0 Å². The molecular weight excluding hydrogens is 202 g/mol. The molecule has 2 aliphatic rings. The van der Waals surface area contributed by atoms with E-state index in [2.05, 4.69) is 4.90 Å². The zero-order valence-corrected chi connectivity index (χ0v) is 10.2. The van der Waals surface area contributed by atoms with Gasteiger partial charge < -0.3 is 10.6 Å². The Kier molecular flexibility index (Phi) is 3.82. The summed E-state index contributed by atoms with van der Waals surface area (Å²) in [5.41, 5.74) is 6.17. The highest BCUT2D eigenvalue weighted by atomic mass is 16.2. The van der Waals surface area contributed by atoms with E-state index in [4.69, 9.17) is 5.73 Å². The minimum Gasteiger partial charge on any atom is -0.345 e. The highest BCUT2D eigenvalue weighted by Crippen LogP contribution is 2.22. The lowest BCUT2D eigenvalue weighted by molar-refractivity contribution is -0.130. The number of rotatable bonds is 1. The van der Waals surface area contributed by atoms with E-state index in [1.54, 1.807) is 0 Å². The molecule has 2 rings (SSSR count). The second-order valence-electron chi connectivity index (χ2n) is 5.15. The van der Waals surface area contributed by atoms with E-state index in [0.29, 0.717) is 12.6 Å². The van der Waals surface area contributed by atoms with E-state index in [0.717, 1.165) is 32.4 Å². The molecule has 2 fully saturated rings. The first-order chi connectivity index (χ1) is 7.68. The monoisotopic (exact) mass is 225 g/mol. The van der Waals surface area contributed by atoms with Gasteiger partial charge in [-0.25, -0.2) is 0 Å². The summed E-state index contributed by atoms with van der Waals surface area (Å²) >= 11 is 0. The van der Waals surface area contributed by atoms with Crippen molar-refractivity contribution in [1.82, 2.24) is 9.80 Å². The third kappa shape index (κ3) is 2.55. The summed E-state index contributed by atoms with van der Waals surface area (Å²) in [5.74, 6) is 0.246. The Morgan fingerprint density at radius 2 is 1.94 bits per heavy atom. The molecule has 1 saturated carbocycles. The summed E-state index contributed by atoms with van der Waals surface area (Å²) < 4.78 is 0. The average molecular weight is 225 g/mol. The maximum atomic E-state index is 11.8. The molecule has 1 aliphatic heterocycles. The van der Waals surface area contributed by atoms with Gasteiger partial charge in [0.25, 0.3) is 0 Å². The lowest BCUT2D eigenvalue weighted by atomic mass is 9.89. The van der Waals surface area contributed by atoms with Crippen molar-refractivity contribution in [2.75, 3.05) is 26.7 Å². The molecule has 16 heavy (non-hydrogen) atoms. The van der Waals surface area contributed by atoms with Crippen molar-refractivity contribution >= 4 is 5.91 Å². The summed E-state index contributed by atoms with van der Waals surface area (Å²) in [6, 6.07) is 0.703. The molecule has 1 saturated heterocycles. The molecule has 2 atom stereocenters. The number of amides is 1. The minimum atomic E-state index is 0.246. The topological polar surface area (TPSA) is 49.6 Å². The number of hydrogen-bond donors (Lipinski definition) is 1. The van der Waals surface area contributed by atoms with Crippen molar-refractivity contribution in [3.05, 3.63) is 0 Å². The van der Waals surface area contributed by atoms with Crippen LogP contribution in [0.1, 0.15) is 32.1 Å². The molecule has 2 N–H and O–H groups in total. The fourth-order valence-corrected chi connectivity index (χ4v) is 2.89. The smallest absolute Gasteiger partial charge is 0.236 e. The number of hydrogen-bond acceptors (Lipinski definition) is 3. The van der Waals surface area contributed by atoms with Crippen LogP contribution >= 0.6 is 0 Å². The second kappa shape index (κ2) is 5.15. The number of nitrogens with zero attached hydrogens (tertiary/aromatic N) is 2. The van der Waals surface area contributed by atoms with E-state index in [-0.39, 0.29) is 11.9 Å². The molecule has 0 bridgehead atoms. The molecule has 0 spiro atoms. The van der Waals surface area contributed by atoms with Crippen LogP contribution in [0.2, 0.25) is 0 Å². The number of likely N-dealkylation sites (N-methyl/N-ethyl adjacent to an activating group) is 1. The Bertz CT molecular complexity index is 257. The highest BCUT2D eigenvalue weighted by molar-refractivity contribution is 5.78. The van der Waals surface area contributed by atoms with E-state index in [1.807, 2.05) is 11.9 Å². The van der Waals surface area contributed by atoms with Crippen LogP contribution < -0.4 is 5.73 Å². The van der Waals surface area contributed by atoms with Crippen LogP contribution in [0.5, 0.6) is 0 Å². The first kappa shape index (κ1) is 11.9. The zero-order valence-electron chi connectivity index (χ0n) is 10.2. The molecule has 1 heterocycles. The Balaban J connectivity index is 1.99.